The van der Waals surface area contributed by atoms with Gasteiger partial charge in [-0.3, -0.25) is 0 Å². The third-order valence-electron chi connectivity index (χ3n) is 4.08. The normalized spacial score (nSPS) is 11.0. The van der Waals surface area contributed by atoms with E-state index in [0.717, 1.165) is 30.7 Å². The number of nitrogen functional groups attached to an aromatic ring is 1. The Kier molecular flexibility index (Phi) is 7.09. The number of aliphatic hydroxyl groups excluding tert-OH is 1. The van der Waals surface area contributed by atoms with Crippen molar-refractivity contribution in [2.45, 2.75) is 26.4 Å². The van der Waals surface area contributed by atoms with E-state index in [1.54, 1.807) is 0 Å². The molecule has 0 spiro atoms. The van der Waals surface area contributed by atoms with Crippen LogP contribution in [0.4, 0.5) is 5.69 Å². The van der Waals surface area contributed by atoms with Crippen LogP contribution < -0.4 is 10.5 Å². The van der Waals surface area contributed by atoms with Crippen LogP contribution in [0.25, 0.3) is 0 Å². The van der Waals surface area contributed by atoms with Gasteiger partial charge in [-0.2, -0.15) is 0 Å². The summed E-state index contributed by atoms with van der Waals surface area (Å²) in [7, 11) is 2.02. The fourth-order valence-electron chi connectivity index (χ4n) is 2.57. The molecule has 3 N–H and O–H groups in total. The number of nitrogens with zero attached hydrogens (tertiary/aromatic N) is 1. The summed E-state index contributed by atoms with van der Waals surface area (Å²) in [4.78, 5) is 2.13. The van der Waals surface area contributed by atoms with E-state index in [9.17, 15) is 0 Å². The summed E-state index contributed by atoms with van der Waals surface area (Å²) in [6.45, 7) is 4.48. The Hall–Kier alpha value is -2.04. The molecule has 0 aliphatic carbocycles. The van der Waals surface area contributed by atoms with E-state index in [2.05, 4.69) is 42.2 Å². The number of hydrogen-bond donors (Lipinski definition) is 2. The van der Waals surface area contributed by atoms with Crippen molar-refractivity contribution in [1.29, 1.82) is 0 Å². The predicted octanol–water partition coefficient (Wildman–Crippen LogP) is 3.01. The maximum Gasteiger partial charge on any atom is 0.142 e. The van der Waals surface area contributed by atoms with Gasteiger partial charge in [0.05, 0.1) is 12.3 Å². The highest BCUT2D eigenvalue weighted by molar-refractivity contribution is 5.54. The SMILES string of the molecule is Cc1ccc(COc2ccc(CCCN(C)CCO)cc2N)cc1. The number of nitrogens with two attached hydrogens (primary N) is 1. The standard InChI is InChI=1S/C20H28N2O2/c1-16-5-7-18(8-6-16)15-24-20-10-9-17(14-19(20)21)4-3-11-22(2)12-13-23/h5-10,14,23H,3-4,11-13,15,21H2,1-2H3. The van der Waals surface area contributed by atoms with Gasteiger partial charge in [-0.05, 0) is 56.6 Å². The van der Waals surface area contributed by atoms with Crippen molar-refractivity contribution < 1.29 is 9.84 Å². The summed E-state index contributed by atoms with van der Waals surface area (Å²) in [5.74, 6) is 0.733. The molecule has 0 bridgehead atoms. The Bertz CT molecular complexity index is 626. The lowest BCUT2D eigenvalue weighted by Gasteiger charge is -2.15. The maximum atomic E-state index is 8.89. The summed E-state index contributed by atoms with van der Waals surface area (Å²) in [5.41, 5.74) is 10.4. The van der Waals surface area contributed by atoms with Crippen molar-refractivity contribution in [1.82, 2.24) is 4.90 Å². The molecule has 24 heavy (non-hydrogen) atoms. The summed E-state index contributed by atoms with van der Waals surface area (Å²) < 4.78 is 5.83. The molecule has 2 aromatic carbocycles. The second kappa shape index (κ2) is 9.30. The largest absolute Gasteiger partial charge is 0.487 e. The first-order valence-electron chi connectivity index (χ1n) is 8.44. The van der Waals surface area contributed by atoms with Crippen molar-refractivity contribution >= 4 is 5.69 Å². The summed E-state index contributed by atoms with van der Waals surface area (Å²) in [6, 6.07) is 14.3. The highest BCUT2D eigenvalue weighted by atomic mass is 16.5. The molecule has 0 atom stereocenters. The minimum atomic E-state index is 0.205. The third kappa shape index (κ3) is 5.87. The molecule has 0 heterocycles. The Labute approximate surface area is 144 Å². The highest BCUT2D eigenvalue weighted by Gasteiger charge is 2.04. The average Bonchev–Trinajstić information content (AvgIpc) is 2.56. The molecule has 0 aromatic heterocycles. The Morgan fingerprint density at radius 2 is 1.75 bits per heavy atom. The van der Waals surface area contributed by atoms with E-state index < -0.39 is 0 Å². The quantitative estimate of drug-likeness (QED) is 0.695. The van der Waals surface area contributed by atoms with Gasteiger partial charge in [-0.25, -0.2) is 0 Å². The van der Waals surface area contributed by atoms with Gasteiger partial charge in [0.25, 0.3) is 0 Å². The maximum absolute atomic E-state index is 8.89. The Morgan fingerprint density at radius 1 is 1.04 bits per heavy atom. The molecule has 4 nitrogen and oxygen atoms in total. The van der Waals surface area contributed by atoms with Gasteiger partial charge in [0.2, 0.25) is 0 Å². The number of benzene rings is 2. The fraction of sp³-hybridized carbons (Fsp3) is 0.400. The number of aryl methyl sites for hydroxylation is 2. The lowest BCUT2D eigenvalue weighted by atomic mass is 10.1. The van der Waals surface area contributed by atoms with E-state index in [1.807, 2.05) is 19.2 Å². The molecule has 0 unspecified atom stereocenters. The van der Waals surface area contributed by atoms with Crippen LogP contribution in [0.2, 0.25) is 0 Å². The van der Waals surface area contributed by atoms with Gasteiger partial charge in [-0.1, -0.05) is 35.9 Å². The molecule has 130 valence electrons. The monoisotopic (exact) mass is 328 g/mol. The molecule has 0 fully saturated rings. The van der Waals surface area contributed by atoms with Gasteiger partial charge in [-0.15, -0.1) is 0 Å². The number of rotatable bonds is 9. The van der Waals surface area contributed by atoms with Crippen LogP contribution in [0.3, 0.4) is 0 Å². The topological polar surface area (TPSA) is 58.7 Å². The zero-order valence-electron chi connectivity index (χ0n) is 14.7. The smallest absolute Gasteiger partial charge is 0.142 e. The predicted molar refractivity (Wildman–Crippen MR) is 99.3 cm³/mol. The summed E-state index contributed by atoms with van der Waals surface area (Å²) >= 11 is 0. The second-order valence-corrected chi connectivity index (χ2v) is 6.28. The lowest BCUT2D eigenvalue weighted by Crippen LogP contribution is -2.23. The third-order valence-corrected chi connectivity index (χ3v) is 4.08. The molecule has 0 aliphatic heterocycles. The average molecular weight is 328 g/mol. The van der Waals surface area contributed by atoms with Crippen molar-refractivity contribution in [2.24, 2.45) is 0 Å². The second-order valence-electron chi connectivity index (χ2n) is 6.28. The van der Waals surface area contributed by atoms with Crippen molar-refractivity contribution in [3.05, 3.63) is 59.2 Å². The molecule has 0 saturated carbocycles. The van der Waals surface area contributed by atoms with Crippen LogP contribution in [-0.4, -0.2) is 36.8 Å². The van der Waals surface area contributed by atoms with Crippen molar-refractivity contribution in [3.8, 4) is 5.75 Å². The molecule has 0 saturated heterocycles. The van der Waals surface area contributed by atoms with E-state index in [0.29, 0.717) is 18.8 Å². The van der Waals surface area contributed by atoms with Crippen LogP contribution in [0.15, 0.2) is 42.5 Å². The van der Waals surface area contributed by atoms with Crippen LogP contribution >= 0.6 is 0 Å². The minimum absolute atomic E-state index is 0.205. The molecule has 0 aliphatic rings. The van der Waals surface area contributed by atoms with Crippen LogP contribution in [0, 0.1) is 6.92 Å². The molecule has 0 amide bonds. The van der Waals surface area contributed by atoms with E-state index >= 15 is 0 Å². The molecule has 4 heteroatoms. The van der Waals surface area contributed by atoms with E-state index in [4.69, 9.17) is 15.6 Å². The van der Waals surface area contributed by atoms with Gasteiger partial charge in [0.1, 0.15) is 12.4 Å². The number of likely N-dealkylation sites (N-methyl/N-ethyl adjacent to an activating group) is 1. The first kappa shape index (κ1) is 18.3. The minimum Gasteiger partial charge on any atom is -0.487 e. The lowest BCUT2D eigenvalue weighted by molar-refractivity contribution is 0.220. The van der Waals surface area contributed by atoms with Crippen LogP contribution in [0.5, 0.6) is 5.75 Å². The molecule has 2 rings (SSSR count). The van der Waals surface area contributed by atoms with Gasteiger partial charge >= 0.3 is 0 Å². The zero-order valence-corrected chi connectivity index (χ0v) is 14.7. The Balaban J connectivity index is 1.84. The number of anilines is 1. The van der Waals surface area contributed by atoms with Gasteiger partial charge in [0.15, 0.2) is 0 Å². The van der Waals surface area contributed by atoms with Gasteiger partial charge < -0.3 is 20.5 Å². The Morgan fingerprint density at radius 3 is 2.42 bits per heavy atom. The molecule has 2 aromatic rings. The molecular weight excluding hydrogens is 300 g/mol. The zero-order chi connectivity index (χ0) is 17.4. The number of ether oxygens (including phenoxy) is 1. The van der Waals surface area contributed by atoms with Crippen molar-refractivity contribution in [3.63, 3.8) is 0 Å². The highest BCUT2D eigenvalue weighted by Crippen LogP contribution is 2.24. The summed E-state index contributed by atoms with van der Waals surface area (Å²) in [6.07, 6.45) is 2.01. The van der Waals surface area contributed by atoms with Crippen molar-refractivity contribution in [2.75, 3.05) is 32.5 Å². The van der Waals surface area contributed by atoms with Crippen LogP contribution in [-0.2, 0) is 13.0 Å². The first-order valence-corrected chi connectivity index (χ1v) is 8.44. The fourth-order valence-corrected chi connectivity index (χ4v) is 2.57. The number of aliphatic hydroxyl groups is 1. The molecular formula is C20H28N2O2. The first-order chi connectivity index (χ1) is 11.6. The van der Waals surface area contributed by atoms with Crippen LogP contribution in [0.1, 0.15) is 23.1 Å². The van der Waals surface area contributed by atoms with Gasteiger partial charge in [0, 0.05) is 6.54 Å². The number of hydrogen-bond acceptors (Lipinski definition) is 4. The van der Waals surface area contributed by atoms with E-state index in [-0.39, 0.29) is 6.61 Å². The molecule has 0 radical (unpaired) electrons. The van der Waals surface area contributed by atoms with E-state index in [1.165, 1.54) is 11.1 Å². The summed E-state index contributed by atoms with van der Waals surface area (Å²) in [5, 5.41) is 8.89.